The molecule has 30 heavy (non-hydrogen) atoms. The molecule has 150 valence electrons. The summed E-state index contributed by atoms with van der Waals surface area (Å²) in [5.74, 6) is 0.218. The molecule has 0 saturated carbocycles. The van der Waals surface area contributed by atoms with Crippen LogP contribution in [-0.2, 0) is 11.4 Å². The van der Waals surface area contributed by atoms with Gasteiger partial charge in [0, 0.05) is 5.56 Å². The fourth-order valence-corrected chi connectivity index (χ4v) is 3.79. The van der Waals surface area contributed by atoms with E-state index in [0.29, 0.717) is 22.6 Å². The van der Waals surface area contributed by atoms with Crippen molar-refractivity contribution < 1.29 is 13.9 Å². The number of ether oxygens (including phenoxy) is 1. The third-order valence-corrected chi connectivity index (χ3v) is 5.51. The van der Waals surface area contributed by atoms with Crippen molar-refractivity contribution in [2.75, 3.05) is 5.01 Å². The van der Waals surface area contributed by atoms with Gasteiger partial charge in [-0.05, 0) is 71.5 Å². The van der Waals surface area contributed by atoms with E-state index in [-0.39, 0.29) is 18.3 Å². The van der Waals surface area contributed by atoms with Crippen LogP contribution in [0, 0.1) is 9.39 Å². The third-order valence-electron chi connectivity index (χ3n) is 4.67. The molecule has 0 unspecified atom stereocenters. The smallest absolute Gasteiger partial charge is 0.280 e. The Balaban J connectivity index is 1.52. The Kier molecular flexibility index (Phi) is 5.94. The molecule has 0 aromatic heterocycles. The van der Waals surface area contributed by atoms with E-state index in [1.165, 1.54) is 11.1 Å². The van der Waals surface area contributed by atoms with Gasteiger partial charge in [0.05, 0.1) is 20.5 Å². The summed E-state index contributed by atoms with van der Waals surface area (Å²) >= 11 is 2.17. The molecule has 0 spiro atoms. The Morgan fingerprint density at radius 2 is 1.80 bits per heavy atom. The molecule has 4 rings (SSSR count). The number of carbonyl (C=O) groups excluding carboxylic acids is 1. The Hall–Kier alpha value is -3.00. The van der Waals surface area contributed by atoms with Crippen LogP contribution in [0.1, 0.15) is 18.1 Å². The van der Waals surface area contributed by atoms with Gasteiger partial charge >= 0.3 is 0 Å². The number of carbonyl (C=O) groups is 1. The fourth-order valence-electron chi connectivity index (χ4n) is 3.09. The van der Waals surface area contributed by atoms with Gasteiger partial charge < -0.3 is 4.74 Å². The van der Waals surface area contributed by atoms with Crippen molar-refractivity contribution in [1.82, 2.24) is 0 Å². The SMILES string of the molecule is CC1=NN(c2ccccc2)C(=O)/C1=C/c1ccc(OCc2ccccc2F)c(I)c1. The van der Waals surface area contributed by atoms with Crippen LogP contribution in [0.2, 0.25) is 0 Å². The number of hydrogen-bond acceptors (Lipinski definition) is 3. The van der Waals surface area contributed by atoms with E-state index in [1.807, 2.05) is 61.5 Å². The highest BCUT2D eigenvalue weighted by Crippen LogP contribution is 2.27. The van der Waals surface area contributed by atoms with Crippen LogP contribution in [0.4, 0.5) is 10.1 Å². The first-order chi connectivity index (χ1) is 14.5. The van der Waals surface area contributed by atoms with E-state index in [4.69, 9.17) is 4.74 Å². The van der Waals surface area contributed by atoms with Gasteiger partial charge in [-0.25, -0.2) is 4.39 Å². The maximum atomic E-state index is 13.8. The van der Waals surface area contributed by atoms with Gasteiger partial charge in [0.2, 0.25) is 0 Å². The summed E-state index contributed by atoms with van der Waals surface area (Å²) in [5.41, 5.74) is 3.32. The van der Waals surface area contributed by atoms with Gasteiger partial charge in [0.1, 0.15) is 18.2 Å². The van der Waals surface area contributed by atoms with Gasteiger partial charge in [-0.15, -0.1) is 0 Å². The largest absolute Gasteiger partial charge is 0.488 e. The zero-order valence-electron chi connectivity index (χ0n) is 16.2. The predicted molar refractivity (Wildman–Crippen MR) is 125 cm³/mol. The van der Waals surface area contributed by atoms with Crippen LogP contribution in [0.3, 0.4) is 0 Å². The number of nitrogens with zero attached hydrogens (tertiary/aromatic N) is 2. The molecule has 0 radical (unpaired) electrons. The second-order valence-electron chi connectivity index (χ2n) is 6.77. The van der Waals surface area contributed by atoms with E-state index in [1.54, 1.807) is 18.2 Å². The summed E-state index contributed by atoms with van der Waals surface area (Å²) in [4.78, 5) is 12.8. The Morgan fingerprint density at radius 3 is 2.53 bits per heavy atom. The first-order valence-electron chi connectivity index (χ1n) is 9.35. The topological polar surface area (TPSA) is 41.9 Å². The van der Waals surface area contributed by atoms with E-state index < -0.39 is 0 Å². The monoisotopic (exact) mass is 512 g/mol. The molecule has 1 aliphatic heterocycles. The van der Waals surface area contributed by atoms with Crippen molar-refractivity contribution in [2.45, 2.75) is 13.5 Å². The Labute approximate surface area is 187 Å². The highest BCUT2D eigenvalue weighted by atomic mass is 127. The van der Waals surface area contributed by atoms with Crippen molar-refractivity contribution in [1.29, 1.82) is 0 Å². The molecule has 0 aliphatic carbocycles. The normalized spacial score (nSPS) is 14.9. The molecular weight excluding hydrogens is 494 g/mol. The summed E-state index contributed by atoms with van der Waals surface area (Å²) < 4.78 is 20.4. The van der Waals surface area contributed by atoms with Crippen molar-refractivity contribution in [3.05, 3.63) is 98.9 Å². The lowest BCUT2D eigenvalue weighted by Crippen LogP contribution is -2.21. The number of hydrazone groups is 1. The number of halogens is 2. The van der Waals surface area contributed by atoms with Gasteiger partial charge in [-0.2, -0.15) is 10.1 Å². The molecule has 3 aromatic rings. The second-order valence-corrected chi connectivity index (χ2v) is 7.93. The molecule has 0 atom stereocenters. The zero-order valence-corrected chi connectivity index (χ0v) is 18.3. The van der Waals surface area contributed by atoms with Crippen LogP contribution < -0.4 is 9.75 Å². The molecule has 4 nitrogen and oxygen atoms in total. The molecule has 6 heteroatoms. The Bertz CT molecular complexity index is 1160. The van der Waals surface area contributed by atoms with Crippen LogP contribution >= 0.6 is 22.6 Å². The molecule has 0 bridgehead atoms. The molecule has 3 aromatic carbocycles. The van der Waals surface area contributed by atoms with Crippen molar-refractivity contribution in [3.63, 3.8) is 0 Å². The molecule has 1 amide bonds. The molecule has 0 saturated heterocycles. The van der Waals surface area contributed by atoms with Crippen LogP contribution in [0.5, 0.6) is 5.75 Å². The van der Waals surface area contributed by atoms with Gasteiger partial charge in [0.15, 0.2) is 0 Å². The van der Waals surface area contributed by atoms with E-state index in [9.17, 15) is 9.18 Å². The highest BCUT2D eigenvalue weighted by molar-refractivity contribution is 14.1. The minimum absolute atomic E-state index is 0.152. The number of benzene rings is 3. The predicted octanol–water partition coefficient (Wildman–Crippen LogP) is 5.82. The number of rotatable bonds is 5. The van der Waals surface area contributed by atoms with Gasteiger partial charge in [-0.3, -0.25) is 4.79 Å². The second kappa shape index (κ2) is 8.79. The summed E-state index contributed by atoms with van der Waals surface area (Å²) in [7, 11) is 0. The summed E-state index contributed by atoms with van der Waals surface area (Å²) in [6.07, 6.45) is 1.83. The van der Waals surface area contributed by atoms with E-state index >= 15 is 0 Å². The summed E-state index contributed by atoms with van der Waals surface area (Å²) in [5, 5.41) is 5.81. The zero-order chi connectivity index (χ0) is 21.1. The fraction of sp³-hybridized carbons (Fsp3) is 0.0833. The maximum absolute atomic E-state index is 13.8. The quantitative estimate of drug-likeness (QED) is 0.320. The Morgan fingerprint density at radius 1 is 1.07 bits per heavy atom. The average Bonchev–Trinajstić information content (AvgIpc) is 3.03. The van der Waals surface area contributed by atoms with Crippen LogP contribution in [-0.4, -0.2) is 11.6 Å². The number of para-hydroxylation sites is 1. The van der Waals surface area contributed by atoms with E-state index in [2.05, 4.69) is 27.7 Å². The average molecular weight is 512 g/mol. The lowest BCUT2D eigenvalue weighted by molar-refractivity contribution is -0.114. The minimum atomic E-state index is -0.286. The summed E-state index contributed by atoms with van der Waals surface area (Å²) in [6.45, 7) is 1.98. The van der Waals surface area contributed by atoms with Crippen molar-refractivity contribution in [3.8, 4) is 5.75 Å². The molecule has 1 heterocycles. The van der Waals surface area contributed by atoms with Crippen molar-refractivity contribution in [2.24, 2.45) is 5.10 Å². The third kappa shape index (κ3) is 4.28. The molecule has 0 fully saturated rings. The van der Waals surface area contributed by atoms with Crippen molar-refractivity contribution >= 4 is 46.0 Å². The minimum Gasteiger partial charge on any atom is -0.488 e. The van der Waals surface area contributed by atoms with Crippen LogP contribution in [0.15, 0.2) is 83.5 Å². The number of hydrogen-bond donors (Lipinski definition) is 0. The lowest BCUT2D eigenvalue weighted by Gasteiger charge is -2.11. The van der Waals surface area contributed by atoms with Gasteiger partial charge in [0.25, 0.3) is 5.91 Å². The number of amides is 1. The molecule has 1 aliphatic rings. The van der Waals surface area contributed by atoms with Crippen LogP contribution in [0.25, 0.3) is 6.08 Å². The first-order valence-corrected chi connectivity index (χ1v) is 10.4. The molecular formula is C24H18FIN2O2. The van der Waals surface area contributed by atoms with Gasteiger partial charge in [-0.1, -0.05) is 42.5 Å². The highest BCUT2D eigenvalue weighted by Gasteiger charge is 2.28. The maximum Gasteiger partial charge on any atom is 0.280 e. The first kappa shape index (κ1) is 20.3. The lowest BCUT2D eigenvalue weighted by atomic mass is 10.1. The molecule has 0 N–H and O–H groups in total. The van der Waals surface area contributed by atoms with E-state index in [0.717, 1.165) is 14.8 Å². The number of anilines is 1. The summed E-state index contributed by atoms with van der Waals surface area (Å²) in [6, 6.07) is 21.5. The standard InChI is InChI=1S/C24H18FIN2O2/c1-16-20(24(29)28(27-16)19-8-3-2-4-9-19)13-17-11-12-23(22(26)14-17)30-15-18-7-5-6-10-21(18)25/h2-14H,15H2,1H3/b20-13+.